The van der Waals surface area contributed by atoms with Crippen LogP contribution in [0.4, 0.5) is 4.39 Å². The number of nitrogens with zero attached hydrogens (tertiary/aromatic N) is 1. The maximum atomic E-state index is 12.8. The average molecular weight is 251 g/mol. The van der Waals surface area contributed by atoms with E-state index in [-0.39, 0.29) is 17.8 Å². The number of rotatable bonds is 4. The first-order valence-electron chi connectivity index (χ1n) is 6.23. The highest BCUT2D eigenvalue weighted by molar-refractivity contribution is 5.79. The van der Waals surface area contributed by atoms with Gasteiger partial charge in [-0.1, -0.05) is 12.1 Å². The lowest BCUT2D eigenvalue weighted by atomic mass is 10.1. The molecule has 98 valence electrons. The van der Waals surface area contributed by atoms with Crippen molar-refractivity contribution < 1.29 is 13.9 Å². The minimum absolute atomic E-state index is 0.0983. The molecule has 0 aromatic heterocycles. The molecule has 1 heterocycles. The normalized spacial score (nSPS) is 19.2. The van der Waals surface area contributed by atoms with Crippen molar-refractivity contribution in [3.8, 4) is 0 Å². The minimum atomic E-state index is -0.273. The number of hydrogen-bond donors (Lipinski definition) is 0. The SMILES string of the molecule is COCC1CCCN1C(=O)Cc1ccc(F)cc1. The molecule has 1 amide bonds. The quantitative estimate of drug-likeness (QED) is 0.819. The van der Waals surface area contributed by atoms with Gasteiger partial charge in [-0.2, -0.15) is 0 Å². The van der Waals surface area contributed by atoms with Gasteiger partial charge in [-0.05, 0) is 30.5 Å². The number of amides is 1. The molecule has 0 spiro atoms. The van der Waals surface area contributed by atoms with Gasteiger partial charge in [0.15, 0.2) is 0 Å². The number of carbonyl (C=O) groups excluding carboxylic acids is 1. The second-order valence-corrected chi connectivity index (χ2v) is 4.64. The van der Waals surface area contributed by atoms with Gasteiger partial charge in [0.25, 0.3) is 0 Å². The van der Waals surface area contributed by atoms with Crippen molar-refractivity contribution >= 4 is 5.91 Å². The van der Waals surface area contributed by atoms with Crippen molar-refractivity contribution in [3.05, 3.63) is 35.6 Å². The van der Waals surface area contributed by atoms with E-state index in [1.54, 1.807) is 19.2 Å². The molecule has 1 aliphatic heterocycles. The molecule has 1 aromatic carbocycles. The Bertz CT molecular complexity index is 405. The fraction of sp³-hybridized carbons (Fsp3) is 0.500. The van der Waals surface area contributed by atoms with Crippen molar-refractivity contribution in [3.63, 3.8) is 0 Å². The van der Waals surface area contributed by atoms with Crippen LogP contribution in [0, 0.1) is 5.82 Å². The number of halogens is 1. The zero-order chi connectivity index (χ0) is 13.0. The van der Waals surface area contributed by atoms with E-state index in [9.17, 15) is 9.18 Å². The first-order valence-corrected chi connectivity index (χ1v) is 6.23. The largest absolute Gasteiger partial charge is 0.383 e. The summed E-state index contributed by atoms with van der Waals surface area (Å²) in [6.45, 7) is 1.39. The van der Waals surface area contributed by atoms with Crippen molar-refractivity contribution in [1.29, 1.82) is 0 Å². The van der Waals surface area contributed by atoms with Gasteiger partial charge in [-0.3, -0.25) is 4.79 Å². The number of methoxy groups -OCH3 is 1. The third-order valence-corrected chi connectivity index (χ3v) is 3.33. The van der Waals surface area contributed by atoms with Gasteiger partial charge in [0.05, 0.1) is 19.1 Å². The summed E-state index contributed by atoms with van der Waals surface area (Å²) in [4.78, 5) is 14.0. The van der Waals surface area contributed by atoms with Crippen LogP contribution in [0.1, 0.15) is 18.4 Å². The highest BCUT2D eigenvalue weighted by Crippen LogP contribution is 2.19. The van der Waals surface area contributed by atoms with Gasteiger partial charge < -0.3 is 9.64 Å². The Hall–Kier alpha value is -1.42. The van der Waals surface area contributed by atoms with Crippen LogP contribution in [0.2, 0.25) is 0 Å². The summed E-state index contributed by atoms with van der Waals surface area (Å²) < 4.78 is 17.9. The second kappa shape index (κ2) is 5.96. The van der Waals surface area contributed by atoms with Crippen molar-refractivity contribution in [1.82, 2.24) is 4.90 Å². The molecule has 3 nitrogen and oxygen atoms in total. The Labute approximate surface area is 107 Å². The fourth-order valence-corrected chi connectivity index (χ4v) is 2.41. The molecule has 18 heavy (non-hydrogen) atoms. The minimum Gasteiger partial charge on any atom is -0.383 e. The Kier molecular flexibility index (Phi) is 4.31. The monoisotopic (exact) mass is 251 g/mol. The van der Waals surface area contributed by atoms with Crippen LogP contribution in [0.15, 0.2) is 24.3 Å². The first-order chi connectivity index (χ1) is 8.70. The lowest BCUT2D eigenvalue weighted by Gasteiger charge is -2.24. The Balaban J connectivity index is 1.96. The second-order valence-electron chi connectivity index (χ2n) is 4.64. The van der Waals surface area contributed by atoms with Crippen LogP contribution in [0.25, 0.3) is 0 Å². The van der Waals surface area contributed by atoms with Gasteiger partial charge in [0, 0.05) is 13.7 Å². The van der Waals surface area contributed by atoms with Crippen LogP contribution in [-0.4, -0.2) is 37.1 Å². The van der Waals surface area contributed by atoms with Gasteiger partial charge in [0.2, 0.25) is 5.91 Å². The van der Waals surface area contributed by atoms with Crippen LogP contribution in [0.5, 0.6) is 0 Å². The third kappa shape index (κ3) is 3.07. The summed E-state index contributed by atoms with van der Waals surface area (Å²) >= 11 is 0. The molecule has 1 aromatic rings. The Morgan fingerprint density at radius 2 is 2.17 bits per heavy atom. The molecule has 0 N–H and O–H groups in total. The molecular weight excluding hydrogens is 233 g/mol. The smallest absolute Gasteiger partial charge is 0.227 e. The molecule has 0 aliphatic carbocycles. The molecule has 1 saturated heterocycles. The highest BCUT2D eigenvalue weighted by atomic mass is 19.1. The Morgan fingerprint density at radius 3 is 2.83 bits per heavy atom. The number of ether oxygens (including phenoxy) is 1. The van der Waals surface area contributed by atoms with Crippen LogP contribution in [0.3, 0.4) is 0 Å². The van der Waals surface area contributed by atoms with Gasteiger partial charge >= 0.3 is 0 Å². The maximum absolute atomic E-state index is 12.8. The van der Waals surface area contributed by atoms with E-state index in [1.165, 1.54) is 12.1 Å². The standard InChI is InChI=1S/C14H18FNO2/c1-18-10-13-3-2-8-16(13)14(17)9-11-4-6-12(15)7-5-11/h4-7,13H,2-3,8-10H2,1H3. The van der Waals surface area contributed by atoms with Gasteiger partial charge in [-0.25, -0.2) is 4.39 Å². The summed E-state index contributed by atoms with van der Waals surface area (Å²) in [7, 11) is 1.65. The first kappa shape index (κ1) is 13.0. The molecule has 1 unspecified atom stereocenters. The topological polar surface area (TPSA) is 29.5 Å². The molecule has 0 saturated carbocycles. The van der Waals surface area contributed by atoms with Gasteiger partial charge in [-0.15, -0.1) is 0 Å². The Morgan fingerprint density at radius 1 is 1.44 bits per heavy atom. The molecular formula is C14H18FNO2. The molecule has 1 atom stereocenters. The maximum Gasteiger partial charge on any atom is 0.227 e. The van der Waals surface area contributed by atoms with Crippen molar-refractivity contribution in [2.75, 3.05) is 20.3 Å². The van der Waals surface area contributed by atoms with Crippen LogP contribution < -0.4 is 0 Å². The number of carbonyl (C=O) groups is 1. The fourth-order valence-electron chi connectivity index (χ4n) is 2.41. The predicted octanol–water partition coefficient (Wildman–Crippen LogP) is 2.01. The van der Waals surface area contributed by atoms with Crippen LogP contribution in [-0.2, 0) is 16.0 Å². The molecule has 4 heteroatoms. The number of hydrogen-bond acceptors (Lipinski definition) is 2. The van der Waals surface area contributed by atoms with E-state index in [0.29, 0.717) is 13.0 Å². The molecule has 2 rings (SSSR count). The zero-order valence-corrected chi connectivity index (χ0v) is 10.6. The summed E-state index contributed by atoms with van der Waals surface area (Å²) in [5, 5.41) is 0. The predicted molar refractivity (Wildman–Crippen MR) is 66.7 cm³/mol. The van der Waals surface area contributed by atoms with Crippen molar-refractivity contribution in [2.24, 2.45) is 0 Å². The van der Waals surface area contributed by atoms with E-state index in [4.69, 9.17) is 4.74 Å². The lowest BCUT2D eigenvalue weighted by Crippen LogP contribution is -2.38. The summed E-state index contributed by atoms with van der Waals surface area (Å²) in [5.41, 5.74) is 0.851. The number of benzene rings is 1. The van der Waals surface area contributed by atoms with E-state index in [2.05, 4.69) is 0 Å². The van der Waals surface area contributed by atoms with Crippen molar-refractivity contribution in [2.45, 2.75) is 25.3 Å². The highest BCUT2D eigenvalue weighted by Gasteiger charge is 2.28. The van der Waals surface area contributed by atoms with Crippen LogP contribution >= 0.6 is 0 Å². The molecule has 1 fully saturated rings. The number of likely N-dealkylation sites (tertiary alicyclic amines) is 1. The summed E-state index contributed by atoms with van der Waals surface area (Å²) in [6, 6.07) is 6.30. The summed E-state index contributed by atoms with van der Waals surface area (Å²) in [5.74, 6) is -0.175. The van der Waals surface area contributed by atoms with E-state index in [1.807, 2.05) is 4.90 Å². The summed E-state index contributed by atoms with van der Waals surface area (Å²) in [6.07, 6.45) is 2.37. The molecule has 1 aliphatic rings. The van der Waals surface area contributed by atoms with E-state index in [0.717, 1.165) is 24.9 Å². The molecule has 0 radical (unpaired) electrons. The molecule has 0 bridgehead atoms. The average Bonchev–Trinajstić information content (AvgIpc) is 2.81. The van der Waals surface area contributed by atoms with E-state index < -0.39 is 0 Å². The zero-order valence-electron chi connectivity index (χ0n) is 10.6. The van der Waals surface area contributed by atoms with E-state index >= 15 is 0 Å². The lowest BCUT2D eigenvalue weighted by molar-refractivity contribution is -0.132. The van der Waals surface area contributed by atoms with Gasteiger partial charge in [0.1, 0.15) is 5.82 Å². The third-order valence-electron chi connectivity index (χ3n) is 3.33.